The number of halogens is 1. The number of rotatable bonds is 5. The molecule has 0 aliphatic heterocycles. The second-order valence-corrected chi connectivity index (χ2v) is 5.20. The van der Waals surface area contributed by atoms with Crippen molar-refractivity contribution in [1.82, 2.24) is 5.32 Å². The molecule has 0 bridgehead atoms. The summed E-state index contributed by atoms with van der Waals surface area (Å²) in [6.45, 7) is 5.57. The molecule has 1 rings (SSSR count). The Labute approximate surface area is 108 Å². The zero-order valence-corrected chi connectivity index (χ0v) is 11.2. The molecule has 1 aromatic rings. The number of benzene rings is 1. The van der Waals surface area contributed by atoms with Crippen molar-refractivity contribution in [1.29, 1.82) is 0 Å². The molecule has 0 saturated heterocycles. The number of hydrogen-bond donors (Lipinski definition) is 2. The summed E-state index contributed by atoms with van der Waals surface area (Å²) < 4.78 is 13.2. The van der Waals surface area contributed by atoms with Crippen molar-refractivity contribution in [2.24, 2.45) is 5.73 Å². The van der Waals surface area contributed by atoms with Gasteiger partial charge in [-0.15, -0.1) is 0 Å². The second-order valence-electron chi connectivity index (χ2n) is 5.20. The minimum Gasteiger partial charge on any atom is -0.347 e. The molecule has 0 aromatic heterocycles. The quantitative estimate of drug-likeness (QED) is 0.845. The van der Waals surface area contributed by atoms with Crippen molar-refractivity contribution in [3.63, 3.8) is 0 Å². The standard InChI is InChI=1S/C14H21FN2O/c1-10(16)7-8-13(18)17-14(2,3)11-5-4-6-12(15)9-11/h4-6,9-10H,7-8,16H2,1-3H3,(H,17,18). The number of amides is 1. The number of nitrogens with one attached hydrogen (secondary N) is 1. The summed E-state index contributed by atoms with van der Waals surface area (Å²) in [5, 5.41) is 2.89. The Hall–Kier alpha value is -1.42. The van der Waals surface area contributed by atoms with Gasteiger partial charge in [0.05, 0.1) is 5.54 Å². The molecule has 0 aliphatic rings. The first-order valence-electron chi connectivity index (χ1n) is 6.14. The molecule has 3 N–H and O–H groups in total. The van der Waals surface area contributed by atoms with Crippen LogP contribution in [-0.2, 0) is 10.3 Å². The van der Waals surface area contributed by atoms with Crippen LogP contribution in [0, 0.1) is 5.82 Å². The van der Waals surface area contributed by atoms with Gasteiger partial charge in [0.2, 0.25) is 5.91 Å². The van der Waals surface area contributed by atoms with Crippen molar-refractivity contribution in [3.05, 3.63) is 35.6 Å². The van der Waals surface area contributed by atoms with E-state index in [0.717, 1.165) is 5.56 Å². The van der Waals surface area contributed by atoms with Gasteiger partial charge in [0.15, 0.2) is 0 Å². The molecule has 1 amide bonds. The van der Waals surface area contributed by atoms with Gasteiger partial charge in [-0.25, -0.2) is 4.39 Å². The predicted molar refractivity (Wildman–Crippen MR) is 70.5 cm³/mol. The zero-order chi connectivity index (χ0) is 13.8. The smallest absolute Gasteiger partial charge is 0.220 e. The third kappa shape index (κ3) is 4.45. The number of carbonyl (C=O) groups is 1. The van der Waals surface area contributed by atoms with Crippen molar-refractivity contribution in [2.45, 2.75) is 45.2 Å². The monoisotopic (exact) mass is 252 g/mol. The number of carbonyl (C=O) groups excluding carboxylic acids is 1. The fourth-order valence-corrected chi connectivity index (χ4v) is 1.72. The van der Waals surface area contributed by atoms with E-state index in [1.165, 1.54) is 12.1 Å². The highest BCUT2D eigenvalue weighted by Crippen LogP contribution is 2.20. The van der Waals surface area contributed by atoms with E-state index >= 15 is 0 Å². The first-order chi connectivity index (χ1) is 8.31. The predicted octanol–water partition coefficient (Wildman–Crippen LogP) is 2.30. The van der Waals surface area contributed by atoms with E-state index in [0.29, 0.717) is 12.8 Å². The fraction of sp³-hybridized carbons (Fsp3) is 0.500. The molecule has 0 spiro atoms. The largest absolute Gasteiger partial charge is 0.347 e. The van der Waals surface area contributed by atoms with Gasteiger partial charge in [-0.05, 0) is 44.9 Å². The lowest BCUT2D eigenvalue weighted by molar-refractivity contribution is -0.122. The molecule has 100 valence electrons. The Morgan fingerprint density at radius 3 is 2.72 bits per heavy atom. The highest BCUT2D eigenvalue weighted by Gasteiger charge is 2.23. The van der Waals surface area contributed by atoms with Crippen molar-refractivity contribution < 1.29 is 9.18 Å². The normalized spacial score (nSPS) is 13.2. The minimum absolute atomic E-state index is 0.00744. The molecule has 0 heterocycles. The highest BCUT2D eigenvalue weighted by atomic mass is 19.1. The molecule has 1 aromatic carbocycles. The van der Waals surface area contributed by atoms with Crippen LogP contribution in [0.5, 0.6) is 0 Å². The van der Waals surface area contributed by atoms with Crippen LogP contribution in [0.1, 0.15) is 39.2 Å². The van der Waals surface area contributed by atoms with E-state index in [9.17, 15) is 9.18 Å². The van der Waals surface area contributed by atoms with Gasteiger partial charge in [0.1, 0.15) is 5.82 Å². The topological polar surface area (TPSA) is 55.1 Å². The van der Waals surface area contributed by atoms with Gasteiger partial charge < -0.3 is 11.1 Å². The summed E-state index contributed by atoms with van der Waals surface area (Å²) in [4.78, 5) is 11.8. The van der Waals surface area contributed by atoms with E-state index in [4.69, 9.17) is 5.73 Å². The Morgan fingerprint density at radius 2 is 2.17 bits per heavy atom. The van der Waals surface area contributed by atoms with Crippen molar-refractivity contribution in [2.75, 3.05) is 0 Å². The lowest BCUT2D eigenvalue weighted by Crippen LogP contribution is -2.41. The van der Waals surface area contributed by atoms with Gasteiger partial charge in [0, 0.05) is 12.5 Å². The summed E-state index contributed by atoms with van der Waals surface area (Å²) in [5.74, 6) is -0.369. The van der Waals surface area contributed by atoms with Gasteiger partial charge in [-0.1, -0.05) is 12.1 Å². The van der Waals surface area contributed by atoms with Gasteiger partial charge in [0.25, 0.3) is 0 Å². The lowest BCUT2D eigenvalue weighted by atomic mass is 9.94. The first-order valence-corrected chi connectivity index (χ1v) is 6.14. The SMILES string of the molecule is CC(N)CCC(=O)NC(C)(C)c1cccc(F)c1. The van der Waals surface area contributed by atoms with Crippen LogP contribution in [0.2, 0.25) is 0 Å². The summed E-state index contributed by atoms with van der Waals surface area (Å²) in [5.41, 5.74) is 5.77. The number of hydrogen-bond acceptors (Lipinski definition) is 2. The summed E-state index contributed by atoms with van der Waals surface area (Å²) >= 11 is 0. The average Bonchev–Trinajstić information content (AvgIpc) is 2.26. The minimum atomic E-state index is -0.586. The Morgan fingerprint density at radius 1 is 1.50 bits per heavy atom. The zero-order valence-electron chi connectivity index (χ0n) is 11.2. The lowest BCUT2D eigenvalue weighted by Gasteiger charge is -2.27. The third-order valence-corrected chi connectivity index (χ3v) is 2.82. The fourth-order valence-electron chi connectivity index (χ4n) is 1.72. The van der Waals surface area contributed by atoms with Crippen LogP contribution in [0.15, 0.2) is 24.3 Å². The van der Waals surface area contributed by atoms with Crippen LogP contribution in [0.3, 0.4) is 0 Å². The summed E-state index contributed by atoms with van der Waals surface area (Å²) in [7, 11) is 0. The van der Waals surface area contributed by atoms with E-state index in [2.05, 4.69) is 5.32 Å². The van der Waals surface area contributed by atoms with Gasteiger partial charge in [-0.2, -0.15) is 0 Å². The maximum atomic E-state index is 13.2. The molecule has 4 heteroatoms. The Kier molecular flexibility index (Phi) is 4.84. The molecule has 1 unspecified atom stereocenters. The van der Waals surface area contributed by atoms with E-state index in [1.807, 2.05) is 20.8 Å². The average molecular weight is 252 g/mol. The van der Waals surface area contributed by atoms with Crippen LogP contribution in [0.25, 0.3) is 0 Å². The van der Waals surface area contributed by atoms with Crippen molar-refractivity contribution in [3.8, 4) is 0 Å². The van der Waals surface area contributed by atoms with Crippen molar-refractivity contribution >= 4 is 5.91 Å². The summed E-state index contributed by atoms with van der Waals surface area (Å²) in [6.07, 6.45) is 1.03. The van der Waals surface area contributed by atoms with Crippen LogP contribution in [0.4, 0.5) is 4.39 Å². The molecular weight excluding hydrogens is 231 g/mol. The van der Waals surface area contributed by atoms with E-state index < -0.39 is 5.54 Å². The van der Waals surface area contributed by atoms with E-state index in [-0.39, 0.29) is 17.8 Å². The maximum Gasteiger partial charge on any atom is 0.220 e. The maximum absolute atomic E-state index is 13.2. The molecule has 0 fully saturated rings. The first kappa shape index (κ1) is 14.6. The Bertz CT molecular complexity index is 416. The molecule has 3 nitrogen and oxygen atoms in total. The summed E-state index contributed by atoms with van der Waals surface area (Å²) in [6, 6.07) is 6.27. The van der Waals surface area contributed by atoms with Crippen LogP contribution < -0.4 is 11.1 Å². The molecule has 0 radical (unpaired) electrons. The number of nitrogens with two attached hydrogens (primary N) is 1. The molecular formula is C14H21FN2O. The molecule has 18 heavy (non-hydrogen) atoms. The second kappa shape index (κ2) is 5.96. The Balaban J connectivity index is 2.67. The highest BCUT2D eigenvalue weighted by molar-refractivity contribution is 5.77. The third-order valence-electron chi connectivity index (χ3n) is 2.82. The van der Waals surface area contributed by atoms with E-state index in [1.54, 1.807) is 12.1 Å². The van der Waals surface area contributed by atoms with Crippen LogP contribution >= 0.6 is 0 Å². The van der Waals surface area contributed by atoms with Gasteiger partial charge >= 0.3 is 0 Å². The molecule has 0 saturated carbocycles. The molecule has 0 aliphatic carbocycles. The van der Waals surface area contributed by atoms with Gasteiger partial charge in [-0.3, -0.25) is 4.79 Å². The molecule has 1 atom stereocenters. The van der Waals surface area contributed by atoms with Crippen LogP contribution in [-0.4, -0.2) is 11.9 Å².